The second-order valence-corrected chi connectivity index (χ2v) is 19.6. The number of benzene rings is 4. The van der Waals surface area contributed by atoms with Crippen LogP contribution in [-0.2, 0) is 36.5 Å². The summed E-state index contributed by atoms with van der Waals surface area (Å²) in [7, 11) is 0. The van der Waals surface area contributed by atoms with Crippen molar-refractivity contribution in [2.45, 2.75) is 141 Å². The van der Waals surface area contributed by atoms with Crippen molar-refractivity contribution in [2.24, 2.45) is 5.10 Å². The van der Waals surface area contributed by atoms with Crippen LogP contribution in [0.25, 0.3) is 0 Å². The highest BCUT2D eigenvalue weighted by Crippen LogP contribution is 2.42. The molecular weight excluding hydrogens is 874 g/mol. The highest BCUT2D eigenvalue weighted by atomic mass is 35.5. The molecule has 6 rings (SSSR count). The van der Waals surface area contributed by atoms with Gasteiger partial charge in [-0.1, -0.05) is 139 Å². The van der Waals surface area contributed by atoms with Crippen molar-refractivity contribution in [3.8, 4) is 11.5 Å². The molecule has 66 heavy (non-hydrogen) atoms. The molecule has 2 heterocycles. The molecule has 0 fully saturated rings. The number of aryl methyl sites for hydroxylation is 1. The number of hydrazone groups is 1. The van der Waals surface area contributed by atoms with Crippen molar-refractivity contribution in [3.63, 3.8) is 0 Å². The van der Waals surface area contributed by atoms with Crippen LogP contribution in [0.2, 0.25) is 5.02 Å². The number of anilines is 2. The van der Waals surface area contributed by atoms with Crippen LogP contribution in [0.4, 0.5) is 11.4 Å². The first-order valence-electron chi connectivity index (χ1n) is 22.8. The van der Waals surface area contributed by atoms with Gasteiger partial charge in [0.2, 0.25) is 11.3 Å². The van der Waals surface area contributed by atoms with Gasteiger partial charge in [-0.3, -0.25) is 14.4 Å². The first-order valence-corrected chi connectivity index (χ1v) is 24.0. The molecule has 3 atom stereocenters. The standard InChI is InChI=1S/C51H62ClN7O6S/c1-11-15-28-63-44(60)31-58-49(54-56-57-58)66-33(6)37-29-32(5)20-26-42(37)65-46-45(34-21-24-36(52)25-22-34)55-59(48(46)62)40-19-17-16-18-39(40)53-47(61)41(12-2)64-43-27-23-35(50(7,8)13-3)30-38(43)51(9,10)14-4/h16-27,29-30,33,41,46H,11-15,28,31H2,1-10H3,(H,53,61). The van der Waals surface area contributed by atoms with Crippen LogP contribution in [0.3, 0.4) is 0 Å². The van der Waals surface area contributed by atoms with E-state index in [1.807, 2.05) is 52.0 Å². The number of carbonyl (C=O) groups is 3. The molecule has 4 aromatic carbocycles. The molecule has 350 valence electrons. The molecule has 0 aliphatic carbocycles. The number of tetrazole rings is 1. The SMILES string of the molecule is CCCCOC(=O)Cn1nnnc1SC(C)c1cc(C)ccc1OC1C(=O)N(c2ccccc2NC(=O)C(CC)Oc2ccc(C(C)(C)CC)cc2C(C)(C)CC)N=C1c1ccc(Cl)cc1. The van der Waals surface area contributed by atoms with E-state index >= 15 is 0 Å². The minimum absolute atomic E-state index is 0.0246. The number of unbranched alkanes of at least 4 members (excludes halogenated alkanes) is 1. The Bertz CT molecular complexity index is 2540. The molecule has 13 nitrogen and oxygen atoms in total. The van der Waals surface area contributed by atoms with Crippen molar-refractivity contribution < 1.29 is 28.6 Å². The van der Waals surface area contributed by atoms with Crippen LogP contribution in [0.1, 0.15) is 127 Å². The average Bonchev–Trinajstić information content (AvgIpc) is 3.88. The predicted molar refractivity (Wildman–Crippen MR) is 262 cm³/mol. The predicted octanol–water partition coefficient (Wildman–Crippen LogP) is 11.2. The van der Waals surface area contributed by atoms with E-state index in [1.165, 1.54) is 27.0 Å². The molecule has 0 saturated carbocycles. The molecule has 1 aliphatic heterocycles. The highest BCUT2D eigenvalue weighted by molar-refractivity contribution is 7.99. The topological polar surface area (TPSA) is 150 Å². The highest BCUT2D eigenvalue weighted by Gasteiger charge is 2.41. The number of carbonyl (C=O) groups excluding carboxylic acids is 3. The maximum absolute atomic E-state index is 14.8. The van der Waals surface area contributed by atoms with Gasteiger partial charge >= 0.3 is 5.97 Å². The van der Waals surface area contributed by atoms with E-state index in [1.54, 1.807) is 48.5 Å². The van der Waals surface area contributed by atoms with Crippen LogP contribution in [0, 0.1) is 6.92 Å². The van der Waals surface area contributed by atoms with E-state index in [0.29, 0.717) is 57.4 Å². The number of rotatable bonds is 21. The number of nitrogens with zero attached hydrogens (tertiary/aromatic N) is 6. The molecule has 0 spiro atoms. The van der Waals surface area contributed by atoms with E-state index in [9.17, 15) is 14.4 Å². The molecule has 3 unspecified atom stereocenters. The minimum Gasteiger partial charge on any atom is -0.480 e. The number of para-hydroxylation sites is 2. The zero-order valence-electron chi connectivity index (χ0n) is 39.7. The van der Waals surface area contributed by atoms with Gasteiger partial charge in [-0.2, -0.15) is 10.1 Å². The molecule has 1 N–H and O–H groups in total. The lowest BCUT2D eigenvalue weighted by atomic mass is 9.76. The number of thioether (sulfide) groups is 1. The first-order chi connectivity index (χ1) is 31.5. The van der Waals surface area contributed by atoms with Gasteiger partial charge in [-0.15, -0.1) is 5.10 Å². The van der Waals surface area contributed by atoms with Crippen molar-refractivity contribution in [1.29, 1.82) is 0 Å². The largest absolute Gasteiger partial charge is 0.480 e. The van der Waals surface area contributed by atoms with Gasteiger partial charge in [0.15, 0.2) is 6.10 Å². The first kappa shape index (κ1) is 49.7. The second-order valence-electron chi connectivity index (χ2n) is 17.8. The summed E-state index contributed by atoms with van der Waals surface area (Å²) in [5, 5.41) is 21.9. The summed E-state index contributed by atoms with van der Waals surface area (Å²) in [5.41, 5.74) is 5.50. The minimum atomic E-state index is -1.19. The molecule has 1 aromatic heterocycles. The number of aromatic nitrogens is 4. The van der Waals surface area contributed by atoms with Crippen molar-refractivity contribution in [2.75, 3.05) is 16.9 Å². The summed E-state index contributed by atoms with van der Waals surface area (Å²) >= 11 is 7.66. The molecule has 0 bridgehead atoms. The van der Waals surface area contributed by atoms with Crippen molar-refractivity contribution >= 4 is 58.2 Å². The van der Waals surface area contributed by atoms with Crippen molar-refractivity contribution in [3.05, 3.63) is 118 Å². The van der Waals surface area contributed by atoms with Crippen molar-refractivity contribution in [1.82, 2.24) is 20.2 Å². The quantitative estimate of drug-likeness (QED) is 0.0428. The molecule has 2 amide bonds. The summed E-state index contributed by atoms with van der Waals surface area (Å²) in [5.74, 6) is -0.139. The summed E-state index contributed by atoms with van der Waals surface area (Å²) in [4.78, 5) is 41.6. The number of nitrogens with one attached hydrogen (secondary N) is 1. The Hall–Kier alpha value is -5.73. The zero-order valence-corrected chi connectivity index (χ0v) is 41.3. The fourth-order valence-electron chi connectivity index (χ4n) is 7.30. The van der Waals surface area contributed by atoms with Gasteiger partial charge in [0.1, 0.15) is 23.8 Å². The Morgan fingerprint density at radius 2 is 1.62 bits per heavy atom. The Kier molecular flexibility index (Phi) is 16.4. The monoisotopic (exact) mass is 935 g/mol. The number of hydrogen-bond donors (Lipinski definition) is 1. The number of ether oxygens (including phenoxy) is 3. The number of esters is 1. The van der Waals surface area contributed by atoms with E-state index in [-0.39, 0.29) is 28.5 Å². The average molecular weight is 937 g/mol. The summed E-state index contributed by atoms with van der Waals surface area (Å²) < 4.78 is 20.1. The van der Waals surface area contributed by atoms with Crippen LogP contribution < -0.4 is 19.8 Å². The third kappa shape index (κ3) is 11.6. The zero-order chi connectivity index (χ0) is 47.8. The molecular formula is C51H62ClN7O6S. The van der Waals surface area contributed by atoms with E-state index in [4.69, 9.17) is 30.9 Å². The van der Waals surface area contributed by atoms with Crippen LogP contribution >= 0.6 is 23.4 Å². The molecule has 0 saturated heterocycles. The Morgan fingerprint density at radius 3 is 2.32 bits per heavy atom. The summed E-state index contributed by atoms with van der Waals surface area (Å²) in [6.07, 6.45) is 1.91. The lowest BCUT2D eigenvalue weighted by Gasteiger charge is -2.31. The summed E-state index contributed by atoms with van der Waals surface area (Å²) in [6.45, 7) is 21.3. The van der Waals surface area contributed by atoms with E-state index in [2.05, 4.69) is 74.5 Å². The fraction of sp³-hybridized carbons (Fsp3) is 0.431. The normalized spacial score (nSPS) is 15.0. The fourth-order valence-corrected chi connectivity index (χ4v) is 8.36. The van der Waals surface area contributed by atoms with E-state index in [0.717, 1.165) is 42.4 Å². The summed E-state index contributed by atoms with van der Waals surface area (Å²) in [6, 6.07) is 26.1. The number of halogens is 1. The van der Waals surface area contributed by atoms with E-state index < -0.39 is 24.1 Å². The lowest BCUT2D eigenvalue weighted by molar-refractivity contribution is -0.144. The lowest BCUT2D eigenvalue weighted by Crippen LogP contribution is -2.38. The third-order valence-corrected chi connectivity index (χ3v) is 13.6. The van der Waals surface area contributed by atoms with Gasteiger partial charge < -0.3 is 19.5 Å². The van der Waals surface area contributed by atoms with Gasteiger partial charge in [0.05, 0.1) is 18.0 Å². The van der Waals surface area contributed by atoms with Gasteiger partial charge in [-0.05, 0) is 103 Å². The molecule has 1 aliphatic rings. The van der Waals surface area contributed by atoms with Crippen LogP contribution in [0.5, 0.6) is 11.5 Å². The Morgan fingerprint density at radius 1 is 0.909 bits per heavy atom. The van der Waals surface area contributed by atoms with Crippen LogP contribution in [-0.4, -0.2) is 62.5 Å². The van der Waals surface area contributed by atoms with Gasteiger partial charge in [-0.25, -0.2) is 4.68 Å². The molecule has 5 aromatic rings. The molecule has 15 heteroatoms. The maximum Gasteiger partial charge on any atom is 0.327 e. The smallest absolute Gasteiger partial charge is 0.327 e. The molecule has 0 radical (unpaired) electrons. The third-order valence-electron chi connectivity index (χ3n) is 12.3. The van der Waals surface area contributed by atoms with Gasteiger partial charge in [0.25, 0.3) is 11.8 Å². The maximum atomic E-state index is 14.8. The van der Waals surface area contributed by atoms with Crippen LogP contribution in [0.15, 0.2) is 95.2 Å². The number of amides is 2. The van der Waals surface area contributed by atoms with Gasteiger partial charge in [0, 0.05) is 27.0 Å². The Labute approximate surface area is 398 Å². The Balaban J connectivity index is 1.28. The second kappa shape index (κ2) is 21.7. The number of hydrogen-bond acceptors (Lipinski definition) is 11.